The molecule has 2 heterocycles. The van der Waals surface area contributed by atoms with Crippen molar-refractivity contribution in [2.75, 3.05) is 19.6 Å². The van der Waals surface area contributed by atoms with Crippen molar-refractivity contribution in [1.82, 2.24) is 9.88 Å². The third kappa shape index (κ3) is 2.74. The van der Waals surface area contributed by atoms with Crippen LogP contribution in [0.2, 0.25) is 0 Å². The highest BCUT2D eigenvalue weighted by Crippen LogP contribution is 2.37. The number of halogens is 1. The molecular weight excluding hydrogens is 259 g/mol. The van der Waals surface area contributed by atoms with Crippen molar-refractivity contribution < 1.29 is 14.3 Å². The van der Waals surface area contributed by atoms with E-state index in [0.29, 0.717) is 30.5 Å². The SMILES string of the molecule is O=C(CCN1CC2CCC(O)C2C1)c1ccc(F)cn1. The zero-order valence-electron chi connectivity index (χ0n) is 11.3. The molecule has 3 atom stereocenters. The van der Waals surface area contributed by atoms with Gasteiger partial charge in [0.1, 0.15) is 11.5 Å². The molecule has 1 N–H and O–H groups in total. The normalized spacial score (nSPS) is 29.6. The molecule has 0 amide bonds. The van der Waals surface area contributed by atoms with E-state index in [2.05, 4.69) is 9.88 Å². The first-order valence-electron chi connectivity index (χ1n) is 7.18. The van der Waals surface area contributed by atoms with E-state index in [9.17, 15) is 14.3 Å². The van der Waals surface area contributed by atoms with Gasteiger partial charge in [-0.3, -0.25) is 9.78 Å². The van der Waals surface area contributed by atoms with Gasteiger partial charge < -0.3 is 10.0 Å². The number of hydrogen-bond acceptors (Lipinski definition) is 4. The van der Waals surface area contributed by atoms with E-state index in [1.54, 1.807) is 0 Å². The number of carbonyl (C=O) groups is 1. The molecule has 1 aliphatic carbocycles. The molecule has 1 aromatic rings. The molecule has 2 aliphatic rings. The molecule has 0 bridgehead atoms. The first kappa shape index (κ1) is 13.6. The lowest BCUT2D eigenvalue weighted by Gasteiger charge is -2.17. The Morgan fingerprint density at radius 1 is 1.40 bits per heavy atom. The van der Waals surface area contributed by atoms with Gasteiger partial charge in [0.2, 0.25) is 0 Å². The number of rotatable bonds is 4. The van der Waals surface area contributed by atoms with Gasteiger partial charge in [0, 0.05) is 32.0 Å². The number of nitrogens with zero attached hydrogens (tertiary/aromatic N) is 2. The van der Waals surface area contributed by atoms with Crippen molar-refractivity contribution in [3.63, 3.8) is 0 Å². The molecule has 20 heavy (non-hydrogen) atoms. The van der Waals surface area contributed by atoms with Crippen molar-refractivity contribution in [2.24, 2.45) is 11.8 Å². The maximum absolute atomic E-state index is 12.7. The maximum Gasteiger partial charge on any atom is 0.182 e. The second-order valence-corrected chi connectivity index (χ2v) is 5.86. The number of Topliss-reactive ketones (excluding diaryl/α,β-unsaturated/α-hetero) is 1. The first-order chi connectivity index (χ1) is 9.63. The Hall–Kier alpha value is -1.33. The number of likely N-dealkylation sites (tertiary alicyclic amines) is 1. The first-order valence-corrected chi connectivity index (χ1v) is 7.18. The molecule has 2 fully saturated rings. The molecule has 4 nitrogen and oxygen atoms in total. The van der Waals surface area contributed by atoms with E-state index in [0.717, 1.165) is 32.1 Å². The third-order valence-corrected chi connectivity index (χ3v) is 4.56. The summed E-state index contributed by atoms with van der Waals surface area (Å²) in [6.45, 7) is 2.55. The summed E-state index contributed by atoms with van der Waals surface area (Å²) in [6, 6.07) is 2.69. The predicted molar refractivity (Wildman–Crippen MR) is 71.8 cm³/mol. The minimum Gasteiger partial charge on any atom is -0.393 e. The lowest BCUT2D eigenvalue weighted by atomic mass is 10.00. The van der Waals surface area contributed by atoms with E-state index in [1.807, 2.05) is 0 Å². The average molecular weight is 278 g/mol. The van der Waals surface area contributed by atoms with Gasteiger partial charge in [0.15, 0.2) is 5.78 Å². The Bertz CT molecular complexity index is 491. The van der Waals surface area contributed by atoms with Crippen LogP contribution in [-0.2, 0) is 0 Å². The Kier molecular flexibility index (Phi) is 3.81. The summed E-state index contributed by atoms with van der Waals surface area (Å²) in [4.78, 5) is 18.0. The number of carbonyl (C=O) groups excluding carboxylic acids is 1. The topological polar surface area (TPSA) is 53.4 Å². The van der Waals surface area contributed by atoms with Crippen LogP contribution in [0.5, 0.6) is 0 Å². The highest BCUT2D eigenvalue weighted by molar-refractivity contribution is 5.94. The van der Waals surface area contributed by atoms with E-state index in [4.69, 9.17) is 0 Å². The van der Waals surface area contributed by atoms with E-state index < -0.39 is 5.82 Å². The minimum atomic E-state index is -0.428. The summed E-state index contributed by atoms with van der Waals surface area (Å²) in [5.41, 5.74) is 0.325. The number of aliphatic hydroxyl groups is 1. The lowest BCUT2D eigenvalue weighted by Crippen LogP contribution is -2.27. The Labute approximate surface area is 117 Å². The molecule has 1 saturated carbocycles. The third-order valence-electron chi connectivity index (χ3n) is 4.56. The van der Waals surface area contributed by atoms with E-state index in [-0.39, 0.29) is 11.9 Å². The van der Waals surface area contributed by atoms with Crippen LogP contribution in [0.4, 0.5) is 4.39 Å². The molecule has 0 aromatic carbocycles. The van der Waals surface area contributed by atoms with Gasteiger partial charge in [-0.25, -0.2) is 4.39 Å². The van der Waals surface area contributed by atoms with Gasteiger partial charge in [0.25, 0.3) is 0 Å². The summed E-state index contributed by atoms with van der Waals surface area (Å²) >= 11 is 0. The quantitative estimate of drug-likeness (QED) is 0.848. The summed E-state index contributed by atoms with van der Waals surface area (Å²) in [5, 5.41) is 9.86. The molecule has 3 unspecified atom stereocenters. The van der Waals surface area contributed by atoms with Crippen LogP contribution in [-0.4, -0.2) is 46.5 Å². The number of hydrogen-bond donors (Lipinski definition) is 1. The van der Waals surface area contributed by atoms with Crippen molar-refractivity contribution in [2.45, 2.75) is 25.4 Å². The molecular formula is C15H19FN2O2. The zero-order valence-corrected chi connectivity index (χ0v) is 11.3. The highest BCUT2D eigenvalue weighted by Gasteiger charge is 2.41. The van der Waals surface area contributed by atoms with Crippen LogP contribution >= 0.6 is 0 Å². The molecule has 0 spiro atoms. The second kappa shape index (κ2) is 5.58. The van der Waals surface area contributed by atoms with Crippen LogP contribution < -0.4 is 0 Å². The maximum atomic E-state index is 12.7. The minimum absolute atomic E-state index is 0.0531. The molecule has 108 valence electrons. The van der Waals surface area contributed by atoms with Gasteiger partial charge in [0.05, 0.1) is 12.3 Å². The van der Waals surface area contributed by atoms with Crippen LogP contribution in [0.15, 0.2) is 18.3 Å². The molecule has 1 aliphatic heterocycles. The summed E-state index contributed by atoms with van der Waals surface area (Å²) < 4.78 is 12.7. The van der Waals surface area contributed by atoms with Gasteiger partial charge >= 0.3 is 0 Å². The lowest BCUT2D eigenvalue weighted by molar-refractivity contribution is 0.0956. The Morgan fingerprint density at radius 2 is 2.25 bits per heavy atom. The predicted octanol–water partition coefficient (Wildman–Crippen LogP) is 1.50. The number of aromatic nitrogens is 1. The van der Waals surface area contributed by atoms with Crippen molar-refractivity contribution in [1.29, 1.82) is 0 Å². The molecule has 3 rings (SSSR count). The highest BCUT2D eigenvalue weighted by atomic mass is 19.1. The van der Waals surface area contributed by atoms with E-state index in [1.165, 1.54) is 12.1 Å². The van der Waals surface area contributed by atoms with Crippen molar-refractivity contribution in [3.8, 4) is 0 Å². The van der Waals surface area contributed by atoms with Crippen LogP contribution in [0.25, 0.3) is 0 Å². The fourth-order valence-electron chi connectivity index (χ4n) is 3.44. The summed E-state index contributed by atoms with van der Waals surface area (Å²) in [5.74, 6) is 0.489. The largest absolute Gasteiger partial charge is 0.393 e. The monoisotopic (exact) mass is 278 g/mol. The van der Waals surface area contributed by atoms with Gasteiger partial charge in [-0.15, -0.1) is 0 Å². The van der Waals surface area contributed by atoms with Crippen LogP contribution in [0.1, 0.15) is 29.8 Å². The number of fused-ring (bicyclic) bond motifs is 1. The summed E-state index contributed by atoms with van der Waals surface area (Å²) in [6.07, 6.45) is 3.31. The molecule has 1 saturated heterocycles. The fourth-order valence-corrected chi connectivity index (χ4v) is 3.44. The second-order valence-electron chi connectivity index (χ2n) is 5.86. The number of ketones is 1. The van der Waals surface area contributed by atoms with E-state index >= 15 is 0 Å². The molecule has 0 radical (unpaired) electrons. The number of pyridine rings is 1. The van der Waals surface area contributed by atoms with Crippen molar-refractivity contribution in [3.05, 3.63) is 29.8 Å². The van der Waals surface area contributed by atoms with Crippen LogP contribution in [0.3, 0.4) is 0 Å². The van der Waals surface area contributed by atoms with Crippen molar-refractivity contribution >= 4 is 5.78 Å². The molecule has 1 aromatic heterocycles. The van der Waals surface area contributed by atoms with Gasteiger partial charge in [-0.1, -0.05) is 0 Å². The fraction of sp³-hybridized carbons (Fsp3) is 0.600. The van der Waals surface area contributed by atoms with Crippen LogP contribution in [0, 0.1) is 17.7 Å². The Balaban J connectivity index is 1.50. The Morgan fingerprint density at radius 3 is 2.95 bits per heavy atom. The number of aliphatic hydroxyl groups excluding tert-OH is 1. The molecule has 5 heteroatoms. The smallest absolute Gasteiger partial charge is 0.182 e. The summed E-state index contributed by atoms with van der Waals surface area (Å²) in [7, 11) is 0. The standard InChI is InChI=1S/C15H19FN2O2/c16-11-2-3-13(17-7-11)15(20)5-6-18-8-10-1-4-14(19)12(10)9-18/h2-3,7,10,12,14,19H,1,4-6,8-9H2. The van der Waals surface area contributed by atoms with Gasteiger partial charge in [-0.05, 0) is 30.9 Å². The van der Waals surface area contributed by atoms with Gasteiger partial charge in [-0.2, -0.15) is 0 Å². The average Bonchev–Trinajstić information content (AvgIpc) is 2.99. The zero-order chi connectivity index (χ0) is 14.1.